The van der Waals surface area contributed by atoms with Crippen LogP contribution in [-0.4, -0.2) is 33.3 Å². The van der Waals surface area contributed by atoms with Crippen LogP contribution < -0.4 is 5.32 Å². The van der Waals surface area contributed by atoms with Gasteiger partial charge in [0.25, 0.3) is 11.8 Å². The molecule has 1 aromatic carbocycles. The van der Waals surface area contributed by atoms with Crippen LogP contribution in [0.25, 0.3) is 0 Å². The van der Waals surface area contributed by atoms with Crippen molar-refractivity contribution in [1.29, 1.82) is 0 Å². The van der Waals surface area contributed by atoms with Crippen molar-refractivity contribution in [1.82, 2.24) is 15.1 Å². The van der Waals surface area contributed by atoms with Crippen molar-refractivity contribution < 1.29 is 14.0 Å². The van der Waals surface area contributed by atoms with E-state index in [0.717, 1.165) is 13.0 Å². The Morgan fingerprint density at radius 3 is 2.73 bits per heavy atom. The van der Waals surface area contributed by atoms with Crippen LogP contribution in [0.3, 0.4) is 0 Å². The summed E-state index contributed by atoms with van der Waals surface area (Å²) >= 11 is 5.15. The molecule has 132 valence electrons. The van der Waals surface area contributed by atoms with E-state index in [-0.39, 0.29) is 17.2 Å². The van der Waals surface area contributed by atoms with Gasteiger partial charge in [-0.05, 0) is 41.9 Å². The molecule has 0 spiro atoms. The number of carbonyl (C=O) groups excluding carboxylic acids is 2. The normalized spacial score (nSPS) is 18.9. The highest BCUT2D eigenvalue weighted by atomic mass is 32.1. The van der Waals surface area contributed by atoms with Gasteiger partial charge in [-0.3, -0.25) is 19.8 Å². The molecule has 2 aliphatic heterocycles. The van der Waals surface area contributed by atoms with Crippen LogP contribution >= 0.6 is 12.2 Å². The first kappa shape index (κ1) is 16.5. The van der Waals surface area contributed by atoms with Gasteiger partial charge < -0.3 is 9.32 Å². The number of hydrogen-bond acceptors (Lipinski definition) is 5. The third-order valence-electron chi connectivity index (χ3n) is 4.55. The van der Waals surface area contributed by atoms with Crippen molar-refractivity contribution >= 4 is 29.1 Å². The molecule has 0 unspecified atom stereocenters. The van der Waals surface area contributed by atoms with Crippen LogP contribution in [0.5, 0.6) is 0 Å². The fourth-order valence-corrected chi connectivity index (χ4v) is 3.43. The standard InChI is InChI=1S/C19H17N3O3S/c23-17-16(12-21-8-7-13-4-1-2-5-14(13)10-21)18(24)22(19(26)20-17)11-15-6-3-9-25-15/h1-6,9,12H,7-8,10-11H2,(H,20,23,26)/b16-12-. The summed E-state index contributed by atoms with van der Waals surface area (Å²) in [5.74, 6) is -0.272. The molecule has 4 rings (SSSR count). The molecule has 2 amide bonds. The summed E-state index contributed by atoms with van der Waals surface area (Å²) in [6.45, 7) is 1.61. The lowest BCUT2D eigenvalue weighted by atomic mass is 10.00. The molecule has 2 aliphatic rings. The maximum Gasteiger partial charge on any atom is 0.267 e. The second-order valence-corrected chi connectivity index (χ2v) is 6.65. The van der Waals surface area contributed by atoms with E-state index in [9.17, 15) is 9.59 Å². The number of nitrogens with zero attached hydrogens (tertiary/aromatic N) is 2. The van der Waals surface area contributed by atoms with E-state index in [1.165, 1.54) is 22.3 Å². The minimum atomic E-state index is -0.463. The zero-order valence-electron chi connectivity index (χ0n) is 14.0. The molecule has 7 heteroatoms. The quantitative estimate of drug-likeness (QED) is 0.510. The molecule has 2 aromatic rings. The summed E-state index contributed by atoms with van der Waals surface area (Å²) < 4.78 is 5.29. The minimum absolute atomic E-state index is 0.0875. The second-order valence-electron chi connectivity index (χ2n) is 6.26. The predicted molar refractivity (Wildman–Crippen MR) is 98.6 cm³/mol. The number of hydrogen-bond donors (Lipinski definition) is 1. The number of fused-ring (bicyclic) bond motifs is 1. The first-order valence-corrected chi connectivity index (χ1v) is 8.75. The molecule has 0 atom stereocenters. The zero-order valence-corrected chi connectivity index (χ0v) is 14.8. The Balaban J connectivity index is 1.56. The molecule has 0 aliphatic carbocycles. The number of carbonyl (C=O) groups is 2. The monoisotopic (exact) mass is 367 g/mol. The van der Waals surface area contributed by atoms with Crippen molar-refractivity contribution in [2.75, 3.05) is 6.54 Å². The molecule has 6 nitrogen and oxygen atoms in total. The fraction of sp³-hybridized carbons (Fsp3) is 0.211. The number of thiocarbonyl (C=S) groups is 1. The van der Waals surface area contributed by atoms with Gasteiger partial charge in [-0.25, -0.2) is 0 Å². The van der Waals surface area contributed by atoms with E-state index in [0.29, 0.717) is 12.3 Å². The van der Waals surface area contributed by atoms with Crippen molar-refractivity contribution in [2.45, 2.75) is 19.5 Å². The van der Waals surface area contributed by atoms with E-state index in [2.05, 4.69) is 17.4 Å². The van der Waals surface area contributed by atoms with E-state index < -0.39 is 11.8 Å². The third kappa shape index (κ3) is 3.13. The van der Waals surface area contributed by atoms with Crippen molar-refractivity contribution in [3.8, 4) is 0 Å². The fourth-order valence-electron chi connectivity index (χ4n) is 3.19. The summed E-state index contributed by atoms with van der Waals surface area (Å²) in [5, 5.41) is 2.69. The number of amides is 2. The Bertz CT molecular complexity index is 905. The maximum atomic E-state index is 12.8. The molecule has 1 fully saturated rings. The average Bonchev–Trinajstić information content (AvgIpc) is 3.15. The Labute approximate surface area is 156 Å². The average molecular weight is 367 g/mol. The lowest BCUT2D eigenvalue weighted by Gasteiger charge is -2.31. The number of nitrogens with one attached hydrogen (secondary N) is 1. The van der Waals surface area contributed by atoms with E-state index in [1.54, 1.807) is 18.3 Å². The highest BCUT2D eigenvalue weighted by Gasteiger charge is 2.34. The molecular formula is C19H17N3O3S. The van der Waals surface area contributed by atoms with E-state index >= 15 is 0 Å². The summed E-state index contributed by atoms with van der Waals surface area (Å²) in [6.07, 6.45) is 4.06. The highest BCUT2D eigenvalue weighted by Crippen LogP contribution is 2.21. The van der Waals surface area contributed by atoms with Gasteiger partial charge in [-0.15, -0.1) is 0 Å². The van der Waals surface area contributed by atoms with Gasteiger partial charge in [-0.2, -0.15) is 0 Å². The van der Waals surface area contributed by atoms with Crippen LogP contribution in [0.15, 0.2) is 58.9 Å². The molecule has 26 heavy (non-hydrogen) atoms. The van der Waals surface area contributed by atoms with Crippen molar-refractivity contribution in [3.05, 3.63) is 71.3 Å². The van der Waals surface area contributed by atoms with Gasteiger partial charge in [0, 0.05) is 19.3 Å². The van der Waals surface area contributed by atoms with Crippen LogP contribution in [0.2, 0.25) is 0 Å². The summed E-state index contributed by atoms with van der Waals surface area (Å²) in [7, 11) is 0. The highest BCUT2D eigenvalue weighted by molar-refractivity contribution is 7.80. The van der Waals surface area contributed by atoms with Gasteiger partial charge >= 0.3 is 0 Å². The van der Waals surface area contributed by atoms with E-state index in [1.807, 2.05) is 17.0 Å². The van der Waals surface area contributed by atoms with Crippen molar-refractivity contribution in [3.63, 3.8) is 0 Å². The smallest absolute Gasteiger partial charge is 0.267 e. The van der Waals surface area contributed by atoms with Crippen molar-refractivity contribution in [2.24, 2.45) is 0 Å². The molecule has 0 saturated carbocycles. The molecule has 3 heterocycles. The topological polar surface area (TPSA) is 65.8 Å². The van der Waals surface area contributed by atoms with Gasteiger partial charge in [-0.1, -0.05) is 24.3 Å². The molecular weight excluding hydrogens is 350 g/mol. The first-order valence-electron chi connectivity index (χ1n) is 8.34. The third-order valence-corrected chi connectivity index (χ3v) is 4.87. The van der Waals surface area contributed by atoms with Crippen LogP contribution in [0.1, 0.15) is 16.9 Å². The second kappa shape index (κ2) is 6.76. The van der Waals surface area contributed by atoms with Gasteiger partial charge in [0.15, 0.2) is 5.11 Å². The van der Waals surface area contributed by atoms with Crippen LogP contribution in [0.4, 0.5) is 0 Å². The molecule has 1 N–H and O–H groups in total. The zero-order chi connectivity index (χ0) is 18.1. The summed E-state index contributed by atoms with van der Waals surface area (Å²) in [4.78, 5) is 28.5. The Morgan fingerprint density at radius 2 is 1.96 bits per heavy atom. The number of rotatable bonds is 3. The minimum Gasteiger partial charge on any atom is -0.467 e. The summed E-state index contributed by atoms with van der Waals surface area (Å²) in [6, 6.07) is 11.7. The Morgan fingerprint density at radius 1 is 1.15 bits per heavy atom. The van der Waals surface area contributed by atoms with Gasteiger partial charge in [0.05, 0.1) is 12.8 Å². The number of furan rings is 1. The molecule has 0 bridgehead atoms. The molecule has 1 saturated heterocycles. The first-order chi connectivity index (χ1) is 12.6. The number of benzene rings is 1. The largest absolute Gasteiger partial charge is 0.467 e. The maximum absolute atomic E-state index is 12.8. The van der Waals surface area contributed by atoms with Gasteiger partial charge in [0.1, 0.15) is 11.3 Å². The Kier molecular flexibility index (Phi) is 4.30. The van der Waals surface area contributed by atoms with E-state index in [4.69, 9.17) is 16.6 Å². The predicted octanol–water partition coefficient (Wildman–Crippen LogP) is 1.97. The SMILES string of the molecule is O=C1NC(=S)N(Cc2ccco2)C(=O)/C1=C\N1CCc2ccccc2C1. The lowest BCUT2D eigenvalue weighted by molar-refractivity contribution is -0.129. The lowest BCUT2D eigenvalue weighted by Crippen LogP contribution is -2.53. The van der Waals surface area contributed by atoms with Crippen LogP contribution in [0, 0.1) is 0 Å². The summed E-state index contributed by atoms with van der Waals surface area (Å²) in [5.41, 5.74) is 2.61. The molecule has 0 radical (unpaired) electrons. The van der Waals surface area contributed by atoms with Gasteiger partial charge in [0.2, 0.25) is 0 Å². The Hall–Kier alpha value is -2.93. The van der Waals surface area contributed by atoms with Crippen LogP contribution in [-0.2, 0) is 29.1 Å². The molecule has 1 aromatic heterocycles.